The van der Waals surface area contributed by atoms with E-state index in [0.29, 0.717) is 17.9 Å². The van der Waals surface area contributed by atoms with Crippen LogP contribution in [0.2, 0.25) is 0 Å². The fourth-order valence-corrected chi connectivity index (χ4v) is 1.66. The zero-order valence-corrected chi connectivity index (χ0v) is 12.4. The number of ether oxygens (including phenoxy) is 2. The largest absolute Gasteiger partial charge is 0.487 e. The van der Waals surface area contributed by atoms with Crippen LogP contribution in [0.15, 0.2) is 42.7 Å². The first-order valence-corrected chi connectivity index (χ1v) is 6.66. The van der Waals surface area contributed by atoms with E-state index in [1.807, 2.05) is 32.9 Å². The molecule has 0 aliphatic heterocycles. The van der Waals surface area contributed by atoms with Gasteiger partial charge in [0.15, 0.2) is 0 Å². The van der Waals surface area contributed by atoms with Crippen molar-refractivity contribution in [1.82, 2.24) is 10.2 Å². The zero-order valence-electron chi connectivity index (χ0n) is 12.4. The van der Waals surface area contributed by atoms with E-state index in [1.54, 1.807) is 24.4 Å². The van der Waals surface area contributed by atoms with Gasteiger partial charge in [0.1, 0.15) is 18.0 Å². The van der Waals surface area contributed by atoms with Crippen molar-refractivity contribution in [2.45, 2.75) is 33.0 Å². The van der Waals surface area contributed by atoms with Gasteiger partial charge >= 0.3 is 5.97 Å². The number of esters is 1. The minimum absolute atomic E-state index is 0.338. The highest BCUT2D eigenvalue weighted by Gasteiger charge is 2.17. The number of aromatic nitrogens is 2. The van der Waals surface area contributed by atoms with E-state index in [2.05, 4.69) is 10.2 Å². The molecule has 1 heterocycles. The lowest BCUT2D eigenvalue weighted by Gasteiger charge is -2.19. The van der Waals surface area contributed by atoms with Crippen molar-refractivity contribution in [3.8, 4) is 5.75 Å². The molecule has 1 aromatic heterocycles. The average Bonchev–Trinajstić information content (AvgIpc) is 2.45. The summed E-state index contributed by atoms with van der Waals surface area (Å²) in [6, 6.07) is 8.92. The zero-order chi connectivity index (χ0) is 15.3. The van der Waals surface area contributed by atoms with E-state index in [9.17, 15) is 4.79 Å². The van der Waals surface area contributed by atoms with Crippen LogP contribution in [0.1, 0.15) is 36.7 Å². The van der Waals surface area contributed by atoms with Crippen LogP contribution in [0.25, 0.3) is 0 Å². The van der Waals surface area contributed by atoms with Gasteiger partial charge in [0.25, 0.3) is 0 Å². The molecule has 0 fully saturated rings. The van der Waals surface area contributed by atoms with Gasteiger partial charge in [0.05, 0.1) is 18.0 Å². The average molecular weight is 286 g/mol. The first-order chi connectivity index (χ1) is 9.94. The van der Waals surface area contributed by atoms with E-state index < -0.39 is 5.60 Å². The molecule has 0 saturated heterocycles. The maximum atomic E-state index is 12.0. The van der Waals surface area contributed by atoms with Crippen molar-refractivity contribution in [2.75, 3.05) is 0 Å². The third-order valence-corrected chi connectivity index (χ3v) is 2.52. The van der Waals surface area contributed by atoms with Crippen molar-refractivity contribution in [3.05, 3.63) is 53.9 Å². The highest BCUT2D eigenvalue weighted by Crippen LogP contribution is 2.15. The van der Waals surface area contributed by atoms with Crippen LogP contribution in [0.3, 0.4) is 0 Å². The summed E-state index contributed by atoms with van der Waals surface area (Å²) in [4.78, 5) is 12.0. The van der Waals surface area contributed by atoms with Crippen LogP contribution in [-0.2, 0) is 11.3 Å². The van der Waals surface area contributed by atoms with Crippen LogP contribution < -0.4 is 4.74 Å². The molecule has 0 aliphatic rings. The minimum Gasteiger partial charge on any atom is -0.487 e. The maximum absolute atomic E-state index is 12.0. The van der Waals surface area contributed by atoms with Crippen LogP contribution in [0.5, 0.6) is 5.75 Å². The molecule has 2 aromatic rings. The third kappa shape index (κ3) is 4.87. The van der Waals surface area contributed by atoms with Crippen molar-refractivity contribution < 1.29 is 14.3 Å². The van der Waals surface area contributed by atoms with Gasteiger partial charge in [-0.3, -0.25) is 0 Å². The second-order valence-corrected chi connectivity index (χ2v) is 5.57. The highest BCUT2D eigenvalue weighted by molar-refractivity contribution is 5.89. The second-order valence-electron chi connectivity index (χ2n) is 5.57. The molecular formula is C16H18N2O3. The Bertz CT molecular complexity index is 606. The molecule has 0 aliphatic carbocycles. The number of rotatable bonds is 4. The highest BCUT2D eigenvalue weighted by atomic mass is 16.6. The van der Waals surface area contributed by atoms with Crippen LogP contribution in [0, 0.1) is 0 Å². The number of carbonyl (C=O) groups excluding carboxylic acids is 1. The Morgan fingerprint density at radius 2 is 2.00 bits per heavy atom. The van der Waals surface area contributed by atoms with Gasteiger partial charge < -0.3 is 9.47 Å². The molecule has 0 radical (unpaired) electrons. The maximum Gasteiger partial charge on any atom is 0.338 e. The van der Waals surface area contributed by atoms with Gasteiger partial charge in [-0.25, -0.2) is 4.79 Å². The molecule has 0 saturated carbocycles. The molecule has 21 heavy (non-hydrogen) atoms. The van der Waals surface area contributed by atoms with Gasteiger partial charge in [0.2, 0.25) is 0 Å². The van der Waals surface area contributed by atoms with Gasteiger partial charge in [0, 0.05) is 6.07 Å². The summed E-state index contributed by atoms with van der Waals surface area (Å²) < 4.78 is 10.9. The summed E-state index contributed by atoms with van der Waals surface area (Å²) in [5, 5.41) is 7.41. The van der Waals surface area contributed by atoms with Crippen LogP contribution in [-0.4, -0.2) is 21.8 Å². The predicted octanol–water partition coefficient (Wildman–Crippen LogP) is 3.01. The molecule has 1 aromatic carbocycles. The Balaban J connectivity index is 2.02. The molecule has 0 bridgehead atoms. The van der Waals surface area contributed by atoms with Gasteiger partial charge in [-0.1, -0.05) is 12.1 Å². The lowest BCUT2D eigenvalue weighted by molar-refractivity contribution is 0.00693. The topological polar surface area (TPSA) is 61.3 Å². The number of benzene rings is 1. The summed E-state index contributed by atoms with van der Waals surface area (Å²) in [5.74, 6) is 0.294. The monoisotopic (exact) mass is 286 g/mol. The molecule has 0 unspecified atom stereocenters. The van der Waals surface area contributed by atoms with Crippen molar-refractivity contribution in [1.29, 1.82) is 0 Å². The smallest absolute Gasteiger partial charge is 0.338 e. The molecule has 5 heteroatoms. The molecule has 0 N–H and O–H groups in total. The fourth-order valence-electron chi connectivity index (χ4n) is 1.66. The Labute approximate surface area is 123 Å². The van der Waals surface area contributed by atoms with Gasteiger partial charge in [-0.05, 0) is 38.5 Å². The molecule has 0 atom stereocenters. The van der Waals surface area contributed by atoms with E-state index in [0.717, 1.165) is 5.56 Å². The number of hydrogen-bond donors (Lipinski definition) is 0. The lowest BCUT2D eigenvalue weighted by Crippen LogP contribution is -2.23. The molecule has 0 spiro atoms. The number of nitrogens with zero attached hydrogens (tertiary/aromatic N) is 2. The van der Waals surface area contributed by atoms with Crippen molar-refractivity contribution in [3.63, 3.8) is 0 Å². The second kappa shape index (κ2) is 6.35. The standard InChI is InChI=1S/C16H18N2O3/c1-16(2,3)21-15(19)13-6-4-5-12(9-13)11-20-14-7-8-17-18-10-14/h4-10H,11H2,1-3H3. The Kier molecular flexibility index (Phi) is 4.52. The van der Waals surface area contributed by atoms with Crippen molar-refractivity contribution >= 4 is 5.97 Å². The molecule has 2 rings (SSSR count). The number of carbonyl (C=O) groups is 1. The van der Waals surface area contributed by atoms with E-state index in [-0.39, 0.29) is 5.97 Å². The van der Waals surface area contributed by atoms with E-state index >= 15 is 0 Å². The third-order valence-electron chi connectivity index (χ3n) is 2.52. The molecule has 5 nitrogen and oxygen atoms in total. The van der Waals surface area contributed by atoms with Crippen molar-refractivity contribution in [2.24, 2.45) is 0 Å². The summed E-state index contributed by atoms with van der Waals surface area (Å²) >= 11 is 0. The fraction of sp³-hybridized carbons (Fsp3) is 0.312. The molecule has 110 valence electrons. The number of hydrogen-bond acceptors (Lipinski definition) is 5. The SMILES string of the molecule is CC(C)(C)OC(=O)c1cccc(COc2ccnnc2)c1. The minimum atomic E-state index is -0.508. The quantitative estimate of drug-likeness (QED) is 0.808. The van der Waals surface area contributed by atoms with E-state index in [4.69, 9.17) is 9.47 Å². The van der Waals surface area contributed by atoms with Crippen LogP contribution >= 0.6 is 0 Å². The summed E-state index contributed by atoms with van der Waals surface area (Å²) in [6.07, 6.45) is 3.10. The molecular weight excluding hydrogens is 268 g/mol. The van der Waals surface area contributed by atoms with Crippen LogP contribution in [0.4, 0.5) is 0 Å². The summed E-state index contributed by atoms with van der Waals surface area (Å²) in [6.45, 7) is 5.87. The first kappa shape index (κ1) is 15.0. The van der Waals surface area contributed by atoms with Gasteiger partial charge in [-0.15, -0.1) is 0 Å². The van der Waals surface area contributed by atoms with E-state index in [1.165, 1.54) is 6.20 Å². The Morgan fingerprint density at radius 1 is 1.19 bits per heavy atom. The Hall–Kier alpha value is -2.43. The summed E-state index contributed by atoms with van der Waals surface area (Å²) in [5.41, 5.74) is 0.890. The van der Waals surface area contributed by atoms with Gasteiger partial charge in [-0.2, -0.15) is 10.2 Å². The molecule has 0 amide bonds. The predicted molar refractivity (Wildman–Crippen MR) is 78.0 cm³/mol. The summed E-state index contributed by atoms with van der Waals surface area (Å²) in [7, 11) is 0. The lowest BCUT2D eigenvalue weighted by atomic mass is 10.1. The Morgan fingerprint density at radius 3 is 2.67 bits per heavy atom. The normalized spacial score (nSPS) is 11.0. The first-order valence-electron chi connectivity index (χ1n) is 6.66.